The normalized spacial score (nSPS) is 11.7. The van der Waals surface area contributed by atoms with Gasteiger partial charge in [-0.15, -0.1) is 12.4 Å². The number of fused-ring (bicyclic) bond motifs is 1. The summed E-state index contributed by atoms with van der Waals surface area (Å²) in [5.41, 5.74) is 1.31. The van der Waals surface area contributed by atoms with Crippen molar-refractivity contribution in [2.45, 2.75) is 38.0 Å². The van der Waals surface area contributed by atoms with Crippen LogP contribution in [0.1, 0.15) is 43.5 Å². The summed E-state index contributed by atoms with van der Waals surface area (Å²) in [6.07, 6.45) is 2.53. The van der Waals surface area contributed by atoms with Gasteiger partial charge in [0.25, 0.3) is 5.91 Å². The molecule has 0 spiro atoms. The van der Waals surface area contributed by atoms with Gasteiger partial charge in [0.05, 0.1) is 15.1 Å². The minimum absolute atomic E-state index is 0. The van der Waals surface area contributed by atoms with Gasteiger partial charge < -0.3 is 4.90 Å². The smallest absolute Gasteiger partial charge is 0.260 e. The maximum atomic E-state index is 13.5. The average molecular weight is 539 g/mol. The number of hydrogen-bond acceptors (Lipinski definition) is 6. The molecule has 1 aromatic heterocycles. The predicted molar refractivity (Wildman–Crippen MR) is 147 cm³/mol. The second kappa shape index (κ2) is 13.3. The van der Waals surface area contributed by atoms with Gasteiger partial charge in [0.2, 0.25) is 10.0 Å². The molecule has 10 heteroatoms. The number of sulfonamides is 1. The third kappa shape index (κ3) is 7.24. The van der Waals surface area contributed by atoms with Crippen LogP contribution in [-0.2, 0) is 10.0 Å². The SMILES string of the molecule is CCCCN(CC)S(=O)(=O)c1ccc(C(=O)N(CCCN(C)C)c2nc3ccccc3s2)cc1.Cl. The van der Waals surface area contributed by atoms with Crippen LogP contribution in [0.3, 0.4) is 0 Å². The van der Waals surface area contributed by atoms with Crippen molar-refractivity contribution in [2.24, 2.45) is 0 Å². The highest BCUT2D eigenvalue weighted by molar-refractivity contribution is 7.89. The molecular formula is C25H35ClN4O3S2. The van der Waals surface area contributed by atoms with E-state index in [2.05, 4.69) is 9.88 Å². The minimum atomic E-state index is -3.59. The zero-order valence-corrected chi connectivity index (χ0v) is 23.3. The minimum Gasteiger partial charge on any atom is -0.309 e. The summed E-state index contributed by atoms with van der Waals surface area (Å²) < 4.78 is 28.6. The van der Waals surface area contributed by atoms with Gasteiger partial charge in [-0.05, 0) is 69.9 Å². The van der Waals surface area contributed by atoms with Gasteiger partial charge in [-0.2, -0.15) is 4.31 Å². The van der Waals surface area contributed by atoms with E-state index in [9.17, 15) is 13.2 Å². The van der Waals surface area contributed by atoms with Crippen LogP contribution >= 0.6 is 23.7 Å². The Bertz CT molecular complexity index is 1160. The molecule has 3 aromatic rings. The monoisotopic (exact) mass is 538 g/mol. The predicted octanol–water partition coefficient (Wildman–Crippen LogP) is 5.13. The maximum Gasteiger partial charge on any atom is 0.260 e. The Hall–Kier alpha value is -2.04. The first kappa shape index (κ1) is 29.2. The number of amides is 1. The molecule has 35 heavy (non-hydrogen) atoms. The summed E-state index contributed by atoms with van der Waals surface area (Å²) in [7, 11) is 0.420. The van der Waals surface area contributed by atoms with E-state index in [-0.39, 0.29) is 23.2 Å². The van der Waals surface area contributed by atoms with E-state index >= 15 is 0 Å². The first-order valence-electron chi connectivity index (χ1n) is 11.7. The van der Waals surface area contributed by atoms with E-state index in [1.54, 1.807) is 17.0 Å². The summed E-state index contributed by atoms with van der Waals surface area (Å²) >= 11 is 1.49. The summed E-state index contributed by atoms with van der Waals surface area (Å²) in [6.45, 7) is 6.16. The Morgan fingerprint density at radius 2 is 1.63 bits per heavy atom. The molecule has 0 saturated heterocycles. The number of anilines is 1. The number of benzene rings is 2. The number of aromatic nitrogens is 1. The molecule has 7 nitrogen and oxygen atoms in total. The Kier molecular flexibility index (Phi) is 11.1. The maximum absolute atomic E-state index is 13.5. The number of unbranched alkanes of at least 4 members (excludes halogenated alkanes) is 1. The van der Waals surface area contributed by atoms with Gasteiger partial charge >= 0.3 is 0 Å². The van der Waals surface area contributed by atoms with Crippen molar-refractivity contribution in [1.82, 2.24) is 14.2 Å². The number of hydrogen-bond donors (Lipinski definition) is 0. The second-order valence-electron chi connectivity index (χ2n) is 8.45. The molecule has 0 bridgehead atoms. The van der Waals surface area contributed by atoms with Crippen LogP contribution in [0.5, 0.6) is 0 Å². The molecule has 0 unspecified atom stereocenters. The van der Waals surface area contributed by atoms with Crippen LogP contribution in [0.25, 0.3) is 10.2 Å². The van der Waals surface area contributed by atoms with Crippen molar-refractivity contribution in [2.75, 3.05) is 45.2 Å². The van der Waals surface area contributed by atoms with Crippen LogP contribution in [0.4, 0.5) is 5.13 Å². The Morgan fingerprint density at radius 1 is 0.943 bits per heavy atom. The molecule has 192 valence electrons. The van der Waals surface area contributed by atoms with Crippen LogP contribution < -0.4 is 4.90 Å². The van der Waals surface area contributed by atoms with Gasteiger partial charge in [0.15, 0.2) is 5.13 Å². The van der Waals surface area contributed by atoms with E-state index in [0.29, 0.717) is 30.3 Å². The number of para-hydroxylation sites is 1. The van der Waals surface area contributed by atoms with Crippen molar-refractivity contribution < 1.29 is 13.2 Å². The molecular weight excluding hydrogens is 504 g/mol. The Morgan fingerprint density at radius 3 is 2.23 bits per heavy atom. The average Bonchev–Trinajstić information content (AvgIpc) is 3.25. The lowest BCUT2D eigenvalue weighted by Gasteiger charge is -2.22. The molecule has 2 aromatic carbocycles. The van der Waals surface area contributed by atoms with Gasteiger partial charge in [0, 0.05) is 25.2 Å². The highest BCUT2D eigenvalue weighted by atomic mass is 35.5. The van der Waals surface area contributed by atoms with Gasteiger partial charge in [0.1, 0.15) is 0 Å². The fourth-order valence-electron chi connectivity index (χ4n) is 3.66. The topological polar surface area (TPSA) is 73.8 Å². The molecule has 0 fully saturated rings. The van der Waals surface area contributed by atoms with Gasteiger partial charge in [-0.3, -0.25) is 9.69 Å². The largest absolute Gasteiger partial charge is 0.309 e. The van der Waals surface area contributed by atoms with Crippen molar-refractivity contribution in [1.29, 1.82) is 0 Å². The number of carbonyl (C=O) groups is 1. The number of carbonyl (C=O) groups excluding carboxylic acids is 1. The lowest BCUT2D eigenvalue weighted by molar-refractivity contribution is 0.0986. The Balaban J connectivity index is 0.00000432. The number of rotatable bonds is 12. The molecule has 1 amide bonds. The van der Waals surface area contributed by atoms with Crippen LogP contribution in [-0.4, -0.2) is 68.8 Å². The van der Waals surface area contributed by atoms with Gasteiger partial charge in [-0.25, -0.2) is 13.4 Å². The highest BCUT2D eigenvalue weighted by Crippen LogP contribution is 2.30. The number of halogens is 1. The summed E-state index contributed by atoms with van der Waals surface area (Å²) in [4.78, 5) is 22.2. The molecule has 0 saturated carbocycles. The summed E-state index contributed by atoms with van der Waals surface area (Å²) in [5.74, 6) is -0.180. The van der Waals surface area contributed by atoms with Crippen molar-refractivity contribution >= 4 is 55.0 Å². The zero-order chi connectivity index (χ0) is 24.7. The van der Waals surface area contributed by atoms with Crippen LogP contribution in [0, 0.1) is 0 Å². The van der Waals surface area contributed by atoms with Crippen molar-refractivity contribution in [3.8, 4) is 0 Å². The van der Waals surface area contributed by atoms with Crippen molar-refractivity contribution in [3.05, 3.63) is 54.1 Å². The fraction of sp³-hybridized carbons (Fsp3) is 0.440. The molecule has 0 radical (unpaired) electrons. The van der Waals surface area contributed by atoms with E-state index in [1.165, 1.54) is 27.8 Å². The van der Waals surface area contributed by atoms with E-state index in [0.717, 1.165) is 36.0 Å². The lowest BCUT2D eigenvalue weighted by Crippen LogP contribution is -2.34. The molecule has 0 aliphatic heterocycles. The van der Waals surface area contributed by atoms with Crippen LogP contribution in [0.2, 0.25) is 0 Å². The number of nitrogens with zero attached hydrogens (tertiary/aromatic N) is 4. The van der Waals surface area contributed by atoms with Crippen LogP contribution in [0.15, 0.2) is 53.4 Å². The van der Waals surface area contributed by atoms with E-state index in [1.807, 2.05) is 52.2 Å². The van der Waals surface area contributed by atoms with Crippen molar-refractivity contribution in [3.63, 3.8) is 0 Å². The molecule has 0 aliphatic carbocycles. The third-order valence-corrected chi connectivity index (χ3v) is 8.65. The second-order valence-corrected chi connectivity index (χ2v) is 11.4. The summed E-state index contributed by atoms with van der Waals surface area (Å²) in [5, 5.41) is 0.651. The third-order valence-electron chi connectivity index (χ3n) is 5.60. The van der Waals surface area contributed by atoms with E-state index in [4.69, 9.17) is 0 Å². The lowest BCUT2D eigenvalue weighted by atomic mass is 10.2. The number of thiazole rings is 1. The highest BCUT2D eigenvalue weighted by Gasteiger charge is 2.25. The molecule has 0 aliphatic rings. The first-order valence-corrected chi connectivity index (χ1v) is 14.0. The molecule has 3 rings (SSSR count). The summed E-state index contributed by atoms with van der Waals surface area (Å²) in [6, 6.07) is 14.1. The zero-order valence-electron chi connectivity index (χ0n) is 20.8. The van der Waals surface area contributed by atoms with E-state index < -0.39 is 10.0 Å². The molecule has 0 atom stereocenters. The molecule has 1 heterocycles. The molecule has 0 N–H and O–H groups in total. The first-order chi connectivity index (χ1) is 16.3. The van der Waals surface area contributed by atoms with Gasteiger partial charge in [-0.1, -0.05) is 43.7 Å². The standard InChI is InChI=1S/C25H34N4O3S2.ClH/c1-5-7-18-28(6-2)34(31,32)21-15-13-20(14-16-21)24(30)29(19-10-17-27(3)4)25-26-22-11-8-9-12-23(22)33-25;/h8-9,11-16H,5-7,10,17-19H2,1-4H3;1H. The quantitative estimate of drug-likeness (QED) is 0.320. The Labute approximate surface area is 219 Å². The fourth-order valence-corrected chi connectivity index (χ4v) is 6.14.